The van der Waals surface area contributed by atoms with E-state index in [2.05, 4.69) is 87.3 Å². The monoisotopic (exact) mass is 360 g/mol. The molecule has 0 fully saturated rings. The summed E-state index contributed by atoms with van der Waals surface area (Å²) in [6.07, 6.45) is 2.96. The van der Waals surface area contributed by atoms with Crippen LogP contribution in [0.1, 0.15) is 35.6 Å². The van der Waals surface area contributed by atoms with E-state index in [9.17, 15) is 0 Å². The van der Waals surface area contributed by atoms with E-state index in [0.717, 1.165) is 57.1 Å². The molecule has 0 unspecified atom stereocenters. The van der Waals surface area contributed by atoms with Gasteiger partial charge in [-0.15, -0.1) is 10.2 Å². The molecule has 2 heterocycles. The van der Waals surface area contributed by atoms with Crippen molar-refractivity contribution in [2.75, 3.05) is 19.6 Å². The first kappa shape index (κ1) is 17.9. The predicted octanol–water partition coefficient (Wildman–Crippen LogP) is 3.73. The van der Waals surface area contributed by atoms with Gasteiger partial charge in [-0.2, -0.15) is 0 Å². The Kier molecular flexibility index (Phi) is 5.64. The van der Waals surface area contributed by atoms with Crippen molar-refractivity contribution in [3.05, 3.63) is 83.4 Å². The number of rotatable bonds is 6. The molecule has 0 radical (unpaired) electrons. The Hall–Kier alpha value is -2.46. The molecule has 4 nitrogen and oxygen atoms in total. The molecule has 0 spiro atoms. The molecule has 1 aliphatic rings. The maximum absolute atomic E-state index is 4.49. The van der Waals surface area contributed by atoms with E-state index in [1.54, 1.807) is 0 Å². The fraction of sp³-hybridized carbons (Fsp3) is 0.391. The lowest BCUT2D eigenvalue weighted by molar-refractivity contribution is 0.265. The average Bonchev–Trinajstić information content (AvgIpc) is 3.00. The number of aryl methyl sites for hydroxylation is 2. The minimum Gasteiger partial charge on any atom is -0.314 e. The first-order valence-electron chi connectivity index (χ1n) is 10.0. The van der Waals surface area contributed by atoms with Crippen molar-refractivity contribution in [2.45, 2.75) is 38.6 Å². The molecule has 0 amide bonds. The van der Waals surface area contributed by atoms with Gasteiger partial charge < -0.3 is 9.47 Å². The van der Waals surface area contributed by atoms with Crippen molar-refractivity contribution >= 4 is 0 Å². The van der Waals surface area contributed by atoms with Crippen molar-refractivity contribution in [1.82, 2.24) is 19.7 Å². The van der Waals surface area contributed by atoms with E-state index >= 15 is 0 Å². The van der Waals surface area contributed by atoms with Crippen LogP contribution in [0.4, 0.5) is 0 Å². The Morgan fingerprint density at radius 1 is 0.852 bits per heavy atom. The van der Waals surface area contributed by atoms with Crippen molar-refractivity contribution in [3.63, 3.8) is 0 Å². The average molecular weight is 361 g/mol. The Bertz CT molecular complexity index is 841. The summed E-state index contributed by atoms with van der Waals surface area (Å²) >= 11 is 0. The maximum atomic E-state index is 4.49. The highest BCUT2D eigenvalue weighted by atomic mass is 15.3. The molecule has 0 N–H and O–H groups in total. The molecule has 0 aliphatic carbocycles. The highest BCUT2D eigenvalue weighted by molar-refractivity contribution is 5.19. The van der Waals surface area contributed by atoms with Crippen molar-refractivity contribution in [1.29, 1.82) is 0 Å². The first-order chi connectivity index (χ1) is 13.3. The van der Waals surface area contributed by atoms with Gasteiger partial charge in [-0.1, -0.05) is 67.6 Å². The van der Waals surface area contributed by atoms with E-state index in [4.69, 9.17) is 0 Å². The SMILES string of the molecule is C[C@H](CN1CCc2nnc(CCc3ccccc3)n2CC1)c1ccccc1. The van der Waals surface area contributed by atoms with Gasteiger partial charge in [0, 0.05) is 39.0 Å². The summed E-state index contributed by atoms with van der Waals surface area (Å²) in [4.78, 5) is 2.58. The minimum atomic E-state index is 0.548. The molecule has 0 saturated heterocycles. The van der Waals surface area contributed by atoms with Crippen LogP contribution in [0.2, 0.25) is 0 Å². The van der Waals surface area contributed by atoms with Gasteiger partial charge in [0.2, 0.25) is 0 Å². The van der Waals surface area contributed by atoms with Crippen LogP contribution in [0.3, 0.4) is 0 Å². The lowest BCUT2D eigenvalue weighted by Gasteiger charge is -2.24. The van der Waals surface area contributed by atoms with Gasteiger partial charge in [-0.05, 0) is 23.5 Å². The Labute approximate surface area is 161 Å². The molecule has 0 bridgehead atoms. The van der Waals surface area contributed by atoms with Gasteiger partial charge in [0.15, 0.2) is 0 Å². The topological polar surface area (TPSA) is 34.0 Å². The molecule has 2 aromatic carbocycles. The molecule has 4 rings (SSSR count). The second-order valence-electron chi connectivity index (χ2n) is 7.53. The van der Waals surface area contributed by atoms with Gasteiger partial charge >= 0.3 is 0 Å². The van der Waals surface area contributed by atoms with Crippen LogP contribution in [-0.4, -0.2) is 39.3 Å². The van der Waals surface area contributed by atoms with Crippen LogP contribution in [0.25, 0.3) is 0 Å². The number of hydrogen-bond acceptors (Lipinski definition) is 3. The molecular formula is C23H28N4. The van der Waals surface area contributed by atoms with Gasteiger partial charge in [0.05, 0.1) is 0 Å². The fourth-order valence-corrected chi connectivity index (χ4v) is 3.97. The predicted molar refractivity (Wildman–Crippen MR) is 109 cm³/mol. The van der Waals surface area contributed by atoms with E-state index in [-0.39, 0.29) is 0 Å². The molecule has 4 heteroatoms. The summed E-state index contributed by atoms with van der Waals surface area (Å²) < 4.78 is 2.36. The maximum Gasteiger partial charge on any atom is 0.134 e. The summed E-state index contributed by atoms with van der Waals surface area (Å²) in [5.74, 6) is 2.83. The number of nitrogens with zero attached hydrogens (tertiary/aromatic N) is 4. The van der Waals surface area contributed by atoms with Gasteiger partial charge in [-0.3, -0.25) is 0 Å². The zero-order valence-corrected chi connectivity index (χ0v) is 16.1. The van der Waals surface area contributed by atoms with E-state index in [1.807, 2.05) is 0 Å². The van der Waals surface area contributed by atoms with Crippen molar-refractivity contribution in [2.24, 2.45) is 0 Å². The summed E-state index contributed by atoms with van der Waals surface area (Å²) in [7, 11) is 0. The quantitative estimate of drug-likeness (QED) is 0.672. The number of hydrogen-bond donors (Lipinski definition) is 0. The Morgan fingerprint density at radius 3 is 2.37 bits per heavy atom. The second kappa shape index (κ2) is 8.49. The normalized spacial score (nSPS) is 15.9. The summed E-state index contributed by atoms with van der Waals surface area (Å²) in [6, 6.07) is 21.5. The van der Waals surface area contributed by atoms with Crippen LogP contribution >= 0.6 is 0 Å². The first-order valence-corrected chi connectivity index (χ1v) is 10.0. The lowest BCUT2D eigenvalue weighted by atomic mass is 10.0. The molecule has 1 aliphatic heterocycles. The van der Waals surface area contributed by atoms with Gasteiger partial charge in [0.1, 0.15) is 11.6 Å². The van der Waals surface area contributed by atoms with Crippen molar-refractivity contribution < 1.29 is 0 Å². The zero-order valence-electron chi connectivity index (χ0n) is 16.1. The minimum absolute atomic E-state index is 0.548. The van der Waals surface area contributed by atoms with Crippen LogP contribution < -0.4 is 0 Å². The molecule has 1 aromatic heterocycles. The summed E-state index contributed by atoms with van der Waals surface area (Å²) in [5, 5.41) is 8.97. The third-order valence-corrected chi connectivity index (χ3v) is 5.58. The molecule has 1 atom stereocenters. The molecule has 3 aromatic rings. The molecule has 140 valence electrons. The smallest absolute Gasteiger partial charge is 0.134 e. The summed E-state index contributed by atoms with van der Waals surface area (Å²) in [5.41, 5.74) is 2.78. The summed E-state index contributed by atoms with van der Waals surface area (Å²) in [6.45, 7) is 6.55. The third kappa shape index (κ3) is 4.45. The van der Waals surface area contributed by atoms with Crippen LogP contribution in [0.5, 0.6) is 0 Å². The highest BCUT2D eigenvalue weighted by Crippen LogP contribution is 2.18. The van der Waals surface area contributed by atoms with E-state index in [0.29, 0.717) is 5.92 Å². The van der Waals surface area contributed by atoms with Gasteiger partial charge in [-0.25, -0.2) is 0 Å². The third-order valence-electron chi connectivity index (χ3n) is 5.58. The van der Waals surface area contributed by atoms with Crippen LogP contribution in [0.15, 0.2) is 60.7 Å². The molecular weight excluding hydrogens is 332 g/mol. The van der Waals surface area contributed by atoms with E-state index < -0.39 is 0 Å². The van der Waals surface area contributed by atoms with Crippen LogP contribution in [0, 0.1) is 0 Å². The number of aromatic nitrogens is 3. The molecule has 27 heavy (non-hydrogen) atoms. The standard InChI is InChI=1S/C23H28N4/c1-19(21-10-6-3-7-11-21)18-26-15-14-23-25-24-22(27(23)17-16-26)13-12-20-8-4-2-5-9-20/h2-11,19H,12-18H2,1H3/t19-/m1/s1. The Balaban J connectivity index is 1.36. The number of fused-ring (bicyclic) bond motifs is 1. The number of benzene rings is 2. The zero-order chi connectivity index (χ0) is 18.5. The van der Waals surface area contributed by atoms with E-state index in [1.165, 1.54) is 11.1 Å². The van der Waals surface area contributed by atoms with Crippen molar-refractivity contribution in [3.8, 4) is 0 Å². The van der Waals surface area contributed by atoms with Gasteiger partial charge in [0.25, 0.3) is 0 Å². The van der Waals surface area contributed by atoms with Crippen LogP contribution in [-0.2, 0) is 25.8 Å². The largest absolute Gasteiger partial charge is 0.314 e. The lowest BCUT2D eigenvalue weighted by Crippen LogP contribution is -2.31. The second-order valence-corrected chi connectivity index (χ2v) is 7.53. The fourth-order valence-electron chi connectivity index (χ4n) is 3.97. The Morgan fingerprint density at radius 2 is 1.59 bits per heavy atom. The molecule has 0 saturated carbocycles. The highest BCUT2D eigenvalue weighted by Gasteiger charge is 2.20.